The number of rotatable bonds is 9. The van der Waals surface area contributed by atoms with Gasteiger partial charge < -0.3 is 0 Å². The predicted molar refractivity (Wildman–Crippen MR) is 374 cm³/mol. The molecule has 0 fully saturated rings. The maximum atomic E-state index is 6.99. The van der Waals surface area contributed by atoms with E-state index in [0.717, 1.165) is 57.0 Å². The molecular formula is C78H51B3N4OSSe. The fourth-order valence-electron chi connectivity index (χ4n) is 14.6. The molecular weight excluding hydrogens is 1150 g/mol. The summed E-state index contributed by atoms with van der Waals surface area (Å²) in [6.07, 6.45) is 0. The van der Waals surface area contributed by atoms with Crippen molar-refractivity contribution in [2.45, 2.75) is 9.79 Å². The number of para-hydroxylation sites is 10. The molecule has 0 aromatic heterocycles. The normalized spacial score (nSPS) is 13.3. The number of benzene rings is 13. The SMILES string of the molecule is c1ccc(N(c2ccccc2)c2cc3c4c(c2)N(c2ccccc2)c2ccccc2B4c2cc4c(c(B5c6ccccc6Oc6ccccc65)c2S3)[Se]c2cc(N(c3ccccc3)c3ccccc3)cc3c2B4c2ccccc2N3c2ccccc2)cc1. The summed E-state index contributed by atoms with van der Waals surface area (Å²) in [6, 6.07) is 114. The Labute approximate surface area is 524 Å². The molecule has 0 unspecified atom stereocenters. The fourth-order valence-corrected chi connectivity index (χ4v) is 19.0. The van der Waals surface area contributed by atoms with Gasteiger partial charge in [-0.2, -0.15) is 0 Å². The molecule has 10 heteroatoms. The molecule has 18 rings (SSSR count). The zero-order valence-electron chi connectivity index (χ0n) is 47.7. The Hall–Kier alpha value is -10.1. The molecule has 0 amide bonds. The van der Waals surface area contributed by atoms with E-state index in [1.54, 1.807) is 0 Å². The summed E-state index contributed by atoms with van der Waals surface area (Å²) < 4.78 is 9.82. The molecule has 0 spiro atoms. The van der Waals surface area contributed by atoms with Gasteiger partial charge in [0.15, 0.2) is 0 Å². The first kappa shape index (κ1) is 51.2. The summed E-state index contributed by atoms with van der Waals surface area (Å²) in [5.74, 6) is 1.81. The molecule has 410 valence electrons. The third-order valence-electron chi connectivity index (χ3n) is 18.2. The third-order valence-corrected chi connectivity index (χ3v) is 22.0. The van der Waals surface area contributed by atoms with Gasteiger partial charge >= 0.3 is 528 Å². The van der Waals surface area contributed by atoms with Crippen molar-refractivity contribution in [2.24, 2.45) is 0 Å². The molecule has 5 aliphatic heterocycles. The first-order chi connectivity index (χ1) is 43.7. The van der Waals surface area contributed by atoms with Crippen LogP contribution in [0.25, 0.3) is 0 Å². The van der Waals surface area contributed by atoms with E-state index in [1.165, 1.54) is 90.6 Å². The van der Waals surface area contributed by atoms with E-state index in [-0.39, 0.29) is 35.1 Å². The number of hydrogen-bond donors (Lipinski definition) is 0. The Kier molecular flexibility index (Phi) is 12.1. The van der Waals surface area contributed by atoms with E-state index >= 15 is 0 Å². The number of ether oxygens (including phenoxy) is 1. The zero-order chi connectivity index (χ0) is 57.8. The second kappa shape index (κ2) is 20.8. The van der Waals surface area contributed by atoms with Crippen molar-refractivity contribution >= 4 is 173 Å². The first-order valence-corrected chi connectivity index (χ1v) is 32.7. The molecule has 0 aliphatic carbocycles. The van der Waals surface area contributed by atoms with Crippen LogP contribution < -0.4 is 82.4 Å². The monoisotopic (exact) mass is 1200 g/mol. The van der Waals surface area contributed by atoms with E-state index in [2.05, 4.69) is 329 Å². The van der Waals surface area contributed by atoms with Crippen molar-refractivity contribution in [3.63, 3.8) is 0 Å². The summed E-state index contributed by atoms with van der Waals surface area (Å²) in [5.41, 5.74) is 25.5. The van der Waals surface area contributed by atoms with Gasteiger partial charge in [-0.15, -0.1) is 0 Å². The Balaban J connectivity index is 0.962. The van der Waals surface area contributed by atoms with Gasteiger partial charge in [-0.25, -0.2) is 0 Å². The summed E-state index contributed by atoms with van der Waals surface area (Å²) in [6.45, 7) is -0.346. The van der Waals surface area contributed by atoms with Crippen LogP contribution in [-0.4, -0.2) is 35.1 Å². The molecule has 5 aliphatic rings. The Morgan fingerprint density at radius 2 is 0.693 bits per heavy atom. The van der Waals surface area contributed by atoms with E-state index in [4.69, 9.17) is 4.74 Å². The van der Waals surface area contributed by atoms with E-state index in [0.29, 0.717) is 0 Å². The molecule has 0 atom stereocenters. The minimum atomic E-state index is -0.216. The number of hydrogen-bond acceptors (Lipinski definition) is 6. The average Bonchev–Trinajstić information content (AvgIpc) is 0.744. The number of anilines is 12. The maximum absolute atomic E-state index is 6.99. The topological polar surface area (TPSA) is 22.2 Å². The van der Waals surface area contributed by atoms with Gasteiger partial charge in [0.2, 0.25) is 0 Å². The predicted octanol–water partition coefficient (Wildman–Crippen LogP) is 12.3. The molecule has 13 aromatic carbocycles. The van der Waals surface area contributed by atoms with Gasteiger partial charge in [0, 0.05) is 0 Å². The van der Waals surface area contributed by atoms with Gasteiger partial charge in [0.05, 0.1) is 0 Å². The molecule has 5 nitrogen and oxygen atoms in total. The molecule has 88 heavy (non-hydrogen) atoms. The summed E-state index contributed by atoms with van der Waals surface area (Å²) in [7, 11) is 0. The Morgan fingerprint density at radius 3 is 1.18 bits per heavy atom. The van der Waals surface area contributed by atoms with Gasteiger partial charge in [-0.3, -0.25) is 0 Å². The van der Waals surface area contributed by atoms with Gasteiger partial charge in [-0.05, 0) is 0 Å². The first-order valence-electron chi connectivity index (χ1n) is 30.2. The number of nitrogens with zero attached hydrogens (tertiary/aromatic N) is 4. The van der Waals surface area contributed by atoms with Gasteiger partial charge in [-0.1, -0.05) is 0 Å². The van der Waals surface area contributed by atoms with E-state index < -0.39 is 0 Å². The van der Waals surface area contributed by atoms with Gasteiger partial charge in [0.1, 0.15) is 0 Å². The van der Waals surface area contributed by atoms with Crippen LogP contribution in [0.1, 0.15) is 0 Å². The van der Waals surface area contributed by atoms with Crippen LogP contribution in [0.15, 0.2) is 319 Å². The van der Waals surface area contributed by atoms with E-state index in [1.807, 2.05) is 11.8 Å². The molecule has 13 aromatic rings. The van der Waals surface area contributed by atoms with E-state index in [9.17, 15) is 0 Å². The molecule has 5 heterocycles. The Morgan fingerprint density at radius 1 is 0.307 bits per heavy atom. The van der Waals surface area contributed by atoms with Crippen molar-refractivity contribution in [3.05, 3.63) is 309 Å². The van der Waals surface area contributed by atoms with Crippen LogP contribution in [0.3, 0.4) is 0 Å². The zero-order valence-corrected chi connectivity index (χ0v) is 50.2. The molecule has 0 saturated carbocycles. The average molecular weight is 1200 g/mol. The van der Waals surface area contributed by atoms with Crippen molar-refractivity contribution in [3.8, 4) is 11.5 Å². The van der Waals surface area contributed by atoms with Crippen molar-refractivity contribution in [1.29, 1.82) is 0 Å². The van der Waals surface area contributed by atoms with Crippen LogP contribution in [0.2, 0.25) is 0 Å². The molecule has 0 saturated heterocycles. The summed E-state index contributed by atoms with van der Waals surface area (Å²) in [5, 5.41) is 0. The quantitative estimate of drug-likeness (QED) is 0.133. The fraction of sp³-hybridized carbons (Fsp3) is 0. The molecule has 0 radical (unpaired) electrons. The van der Waals surface area contributed by atoms with Crippen LogP contribution in [-0.2, 0) is 0 Å². The minimum absolute atomic E-state index is 0.0877. The molecule has 0 N–H and O–H groups in total. The number of fused-ring (bicyclic) bond motifs is 10. The standard InChI is InChI=1S/C78H51B3N4OSSe/c1-7-27-52(28-8-1)82(53-29-9-2-10-30-53)58-47-68-74-72(49-58)87-77-64(79(74)60-39-19-23-43-66(60)84(68)56-35-15-5-16-36-56)51-65-78(76(77)81-62-41-21-25-45-70(62)86-71-46-26-22-42-63(71)81)88-73-50-59(83(54-31-11-3-12-32-54)55-33-13-4-14-34-55)48-69-75(73)80(65)61-40-20-24-44-67(61)85(69)57-37-17-6-18-38-57/h1-51H. The second-order valence-corrected chi connectivity index (χ2v) is 26.3. The van der Waals surface area contributed by atoms with Crippen LogP contribution in [0.5, 0.6) is 11.5 Å². The van der Waals surface area contributed by atoms with Crippen molar-refractivity contribution < 1.29 is 4.74 Å². The summed E-state index contributed by atoms with van der Waals surface area (Å²) in [4.78, 5) is 12.6. The van der Waals surface area contributed by atoms with Crippen molar-refractivity contribution in [2.75, 3.05) is 19.6 Å². The molecule has 0 bridgehead atoms. The van der Waals surface area contributed by atoms with Gasteiger partial charge in [0.25, 0.3) is 0 Å². The van der Waals surface area contributed by atoms with Crippen LogP contribution in [0.4, 0.5) is 68.2 Å². The van der Waals surface area contributed by atoms with Crippen LogP contribution >= 0.6 is 11.8 Å². The van der Waals surface area contributed by atoms with Crippen molar-refractivity contribution in [1.82, 2.24) is 0 Å². The second-order valence-electron chi connectivity index (χ2n) is 23.0. The van der Waals surface area contributed by atoms with Crippen LogP contribution in [0, 0.1) is 0 Å². The summed E-state index contributed by atoms with van der Waals surface area (Å²) >= 11 is 1.76. The Bertz CT molecular complexity index is 4510. The third kappa shape index (κ3) is 8.06.